The fourth-order valence-corrected chi connectivity index (χ4v) is 10.9. The first-order chi connectivity index (χ1) is 15.6. The minimum atomic E-state index is -0.637. The molecule has 0 bridgehead atoms. The van der Waals surface area contributed by atoms with Gasteiger partial charge >= 0.3 is 0 Å². The van der Waals surface area contributed by atoms with Gasteiger partial charge in [0, 0.05) is 10.8 Å². The van der Waals surface area contributed by atoms with E-state index < -0.39 is 17.6 Å². The molecule has 10 atom stereocenters. The lowest BCUT2D eigenvalue weighted by Gasteiger charge is -2.72. The Hall–Kier alpha value is -0.420. The normalized spacial score (nSPS) is 55.8. The minimum absolute atomic E-state index is 0.0116. The zero-order chi connectivity index (χ0) is 25.1. The average Bonchev–Trinajstić information content (AvgIpc) is 2.73. The molecule has 4 N–H and O–H groups in total. The SMILES string of the molecule is CC1(C)CC(O)C2(CO)CC(O)C3(C)C(=CCC4C5(C)CCC(O)C(C)(C)C5CCC43C)C2C1. The summed E-state index contributed by atoms with van der Waals surface area (Å²) < 4.78 is 0. The van der Waals surface area contributed by atoms with Crippen LogP contribution in [0.15, 0.2) is 11.6 Å². The summed E-state index contributed by atoms with van der Waals surface area (Å²) in [6, 6.07) is 0. The number of aliphatic hydroxyl groups is 4. The van der Waals surface area contributed by atoms with E-state index in [1.165, 1.54) is 5.57 Å². The van der Waals surface area contributed by atoms with Gasteiger partial charge in [-0.15, -0.1) is 0 Å². The summed E-state index contributed by atoms with van der Waals surface area (Å²) in [7, 11) is 0. The van der Waals surface area contributed by atoms with E-state index in [-0.39, 0.29) is 45.7 Å². The van der Waals surface area contributed by atoms with Crippen LogP contribution < -0.4 is 0 Å². The first-order valence-corrected chi connectivity index (χ1v) is 14.0. The molecule has 0 aromatic heterocycles. The van der Waals surface area contributed by atoms with Gasteiger partial charge in [-0.25, -0.2) is 0 Å². The number of hydrogen-bond acceptors (Lipinski definition) is 4. The summed E-state index contributed by atoms with van der Waals surface area (Å²) >= 11 is 0. The molecule has 0 saturated heterocycles. The third kappa shape index (κ3) is 2.86. The van der Waals surface area contributed by atoms with E-state index in [9.17, 15) is 20.4 Å². The van der Waals surface area contributed by atoms with Crippen molar-refractivity contribution in [1.29, 1.82) is 0 Å². The van der Waals surface area contributed by atoms with Crippen LogP contribution in [-0.2, 0) is 0 Å². The molecule has 5 rings (SSSR count). The van der Waals surface area contributed by atoms with Crippen molar-refractivity contribution < 1.29 is 20.4 Å². The molecule has 34 heavy (non-hydrogen) atoms. The smallest absolute Gasteiger partial charge is 0.0643 e. The maximum absolute atomic E-state index is 12.0. The molecule has 0 aliphatic heterocycles. The van der Waals surface area contributed by atoms with Crippen molar-refractivity contribution in [3.05, 3.63) is 11.6 Å². The summed E-state index contributed by atoms with van der Waals surface area (Å²) in [4.78, 5) is 0. The lowest BCUT2D eigenvalue weighted by atomic mass is 9.33. The Morgan fingerprint density at radius 1 is 0.794 bits per heavy atom. The van der Waals surface area contributed by atoms with Gasteiger partial charge in [0.05, 0.1) is 24.9 Å². The molecular weight excluding hydrogens is 424 g/mol. The number of rotatable bonds is 1. The topological polar surface area (TPSA) is 80.9 Å². The van der Waals surface area contributed by atoms with Gasteiger partial charge in [0.1, 0.15) is 0 Å². The van der Waals surface area contributed by atoms with Crippen LogP contribution in [0.25, 0.3) is 0 Å². The highest BCUT2D eigenvalue weighted by atomic mass is 16.3. The first-order valence-electron chi connectivity index (χ1n) is 14.0. The molecule has 10 unspecified atom stereocenters. The molecule has 4 heteroatoms. The van der Waals surface area contributed by atoms with E-state index in [1.807, 2.05) is 0 Å². The van der Waals surface area contributed by atoms with Crippen LogP contribution >= 0.6 is 0 Å². The molecule has 5 aliphatic carbocycles. The van der Waals surface area contributed by atoms with Gasteiger partial charge in [-0.05, 0) is 90.8 Å². The molecule has 0 amide bonds. The fourth-order valence-electron chi connectivity index (χ4n) is 10.9. The molecule has 194 valence electrons. The number of aliphatic hydroxyl groups excluding tert-OH is 4. The zero-order valence-electron chi connectivity index (χ0n) is 22.7. The van der Waals surface area contributed by atoms with E-state index in [4.69, 9.17) is 0 Å². The van der Waals surface area contributed by atoms with Crippen molar-refractivity contribution in [2.24, 2.45) is 50.2 Å². The van der Waals surface area contributed by atoms with Gasteiger partial charge in [-0.1, -0.05) is 60.1 Å². The van der Waals surface area contributed by atoms with Crippen molar-refractivity contribution >= 4 is 0 Å². The second-order valence-electron chi connectivity index (χ2n) is 15.3. The molecule has 4 nitrogen and oxygen atoms in total. The van der Waals surface area contributed by atoms with Crippen LogP contribution in [0.5, 0.6) is 0 Å². The zero-order valence-corrected chi connectivity index (χ0v) is 22.7. The number of allylic oxidation sites excluding steroid dienone is 1. The molecule has 0 spiro atoms. The van der Waals surface area contributed by atoms with Crippen LogP contribution in [0.4, 0.5) is 0 Å². The monoisotopic (exact) mass is 474 g/mol. The molecule has 0 radical (unpaired) electrons. The Morgan fingerprint density at radius 2 is 1.47 bits per heavy atom. The largest absolute Gasteiger partial charge is 0.396 e. The van der Waals surface area contributed by atoms with Crippen molar-refractivity contribution in [3.63, 3.8) is 0 Å². The van der Waals surface area contributed by atoms with E-state index in [0.717, 1.165) is 38.5 Å². The van der Waals surface area contributed by atoms with Gasteiger partial charge in [0.25, 0.3) is 0 Å². The molecule has 4 saturated carbocycles. The summed E-state index contributed by atoms with van der Waals surface area (Å²) in [5.74, 6) is 1.04. The highest BCUT2D eigenvalue weighted by Crippen LogP contribution is 2.75. The van der Waals surface area contributed by atoms with Crippen molar-refractivity contribution in [2.45, 2.75) is 118 Å². The summed E-state index contributed by atoms with van der Waals surface area (Å²) in [5.41, 5.74) is 0.336. The highest BCUT2D eigenvalue weighted by Gasteiger charge is 2.71. The molecule has 4 fully saturated rings. The van der Waals surface area contributed by atoms with E-state index in [2.05, 4.69) is 54.5 Å². The van der Waals surface area contributed by atoms with Crippen LogP contribution in [0.3, 0.4) is 0 Å². The van der Waals surface area contributed by atoms with Crippen LogP contribution in [0, 0.1) is 50.2 Å². The molecule has 5 aliphatic rings. The van der Waals surface area contributed by atoms with Gasteiger partial charge in [0.15, 0.2) is 0 Å². The second kappa shape index (κ2) is 7.33. The number of hydrogen-bond donors (Lipinski definition) is 4. The van der Waals surface area contributed by atoms with Gasteiger partial charge in [-0.2, -0.15) is 0 Å². The predicted octanol–water partition coefficient (Wildman–Crippen LogP) is 5.08. The Morgan fingerprint density at radius 3 is 2.12 bits per heavy atom. The molecule has 0 heterocycles. The van der Waals surface area contributed by atoms with E-state index >= 15 is 0 Å². The minimum Gasteiger partial charge on any atom is -0.396 e. The highest BCUT2D eigenvalue weighted by molar-refractivity contribution is 5.36. The standard InChI is InChI=1S/C30H50O4/c1-25(2)14-19-18-8-9-21-27(5)12-11-22(32)26(3,4)20(27)10-13-28(21,6)29(18,7)23(33)16-30(19,17-31)24(34)15-25/h8,19-24,31-34H,9-17H2,1-7H3. The summed E-state index contributed by atoms with van der Waals surface area (Å²) in [5, 5.41) is 44.9. The third-order valence-electron chi connectivity index (χ3n) is 13.2. The third-order valence-corrected chi connectivity index (χ3v) is 13.2. The van der Waals surface area contributed by atoms with Crippen LogP contribution in [0.2, 0.25) is 0 Å². The van der Waals surface area contributed by atoms with Gasteiger partial charge in [-0.3, -0.25) is 0 Å². The Kier molecular flexibility index (Phi) is 5.44. The van der Waals surface area contributed by atoms with Crippen molar-refractivity contribution in [3.8, 4) is 0 Å². The summed E-state index contributed by atoms with van der Waals surface area (Å²) in [6.07, 6.45) is 8.22. The van der Waals surface area contributed by atoms with Crippen LogP contribution in [0.1, 0.15) is 99.8 Å². The van der Waals surface area contributed by atoms with E-state index in [1.54, 1.807) is 0 Å². The summed E-state index contributed by atoms with van der Waals surface area (Å²) in [6.45, 7) is 16.2. The Balaban J connectivity index is 1.63. The second-order valence-corrected chi connectivity index (χ2v) is 15.3. The van der Waals surface area contributed by atoms with Crippen molar-refractivity contribution in [1.82, 2.24) is 0 Å². The van der Waals surface area contributed by atoms with Crippen LogP contribution in [-0.4, -0.2) is 45.3 Å². The molecule has 0 aromatic rings. The average molecular weight is 475 g/mol. The quantitative estimate of drug-likeness (QED) is 0.399. The lowest BCUT2D eigenvalue weighted by molar-refractivity contribution is -0.236. The van der Waals surface area contributed by atoms with Crippen molar-refractivity contribution in [2.75, 3.05) is 6.61 Å². The molecule has 0 aromatic carbocycles. The molecular formula is C30H50O4. The van der Waals surface area contributed by atoms with E-state index in [0.29, 0.717) is 24.7 Å². The van der Waals surface area contributed by atoms with Gasteiger partial charge < -0.3 is 20.4 Å². The Bertz CT molecular complexity index is 877. The predicted molar refractivity (Wildman–Crippen MR) is 135 cm³/mol. The first kappa shape index (κ1) is 25.2. The fraction of sp³-hybridized carbons (Fsp3) is 0.933. The number of fused-ring (bicyclic) bond motifs is 7. The Labute approximate surface area is 207 Å². The maximum atomic E-state index is 12.0. The maximum Gasteiger partial charge on any atom is 0.0643 e. The van der Waals surface area contributed by atoms with Gasteiger partial charge in [0.2, 0.25) is 0 Å². The lowest BCUT2D eigenvalue weighted by Crippen LogP contribution is -2.69.